The van der Waals surface area contributed by atoms with E-state index in [1.807, 2.05) is 6.20 Å². The Morgan fingerprint density at radius 2 is 2.17 bits per heavy atom. The van der Waals surface area contributed by atoms with E-state index in [0.717, 1.165) is 10.2 Å². The van der Waals surface area contributed by atoms with Gasteiger partial charge in [0, 0.05) is 37.5 Å². The number of benzene rings is 1. The third-order valence-corrected chi connectivity index (χ3v) is 4.83. The molecular formula is C14H13BrN2S. The van der Waals surface area contributed by atoms with Crippen LogP contribution in [0.3, 0.4) is 0 Å². The molecule has 0 fully saturated rings. The van der Waals surface area contributed by atoms with Crippen molar-refractivity contribution in [1.29, 1.82) is 0 Å². The van der Waals surface area contributed by atoms with Gasteiger partial charge in [0.2, 0.25) is 0 Å². The molecule has 3 aromatic rings. The van der Waals surface area contributed by atoms with E-state index in [2.05, 4.69) is 68.9 Å². The van der Waals surface area contributed by atoms with Gasteiger partial charge in [-0.25, -0.2) is 0 Å². The molecule has 0 aliphatic heterocycles. The summed E-state index contributed by atoms with van der Waals surface area (Å²) in [6, 6.07) is 11.0. The molecule has 2 heterocycles. The highest BCUT2D eigenvalue weighted by atomic mass is 79.9. The second-order valence-electron chi connectivity index (χ2n) is 4.31. The first-order valence-corrected chi connectivity index (χ1v) is 7.47. The topological polar surface area (TPSA) is 27.8 Å². The number of nitrogens with one attached hydrogen (secondary N) is 2. The molecule has 1 unspecified atom stereocenters. The minimum absolute atomic E-state index is 0.317. The zero-order valence-corrected chi connectivity index (χ0v) is 12.3. The van der Waals surface area contributed by atoms with Crippen molar-refractivity contribution in [2.45, 2.75) is 13.0 Å². The number of hydrogen-bond acceptors (Lipinski definition) is 2. The highest BCUT2D eigenvalue weighted by Gasteiger charge is 2.08. The predicted octanol–water partition coefficient (Wildman–Crippen LogP) is 5.17. The maximum absolute atomic E-state index is 3.53. The van der Waals surface area contributed by atoms with Gasteiger partial charge in [0.1, 0.15) is 0 Å². The second kappa shape index (κ2) is 4.78. The van der Waals surface area contributed by atoms with Gasteiger partial charge in [-0.2, -0.15) is 0 Å². The summed E-state index contributed by atoms with van der Waals surface area (Å²) in [4.78, 5) is 4.53. The van der Waals surface area contributed by atoms with E-state index in [1.165, 1.54) is 15.8 Å². The largest absolute Gasteiger partial charge is 0.378 e. The first-order valence-electron chi connectivity index (χ1n) is 5.80. The van der Waals surface area contributed by atoms with Gasteiger partial charge in [0.25, 0.3) is 0 Å². The molecule has 1 atom stereocenters. The zero-order valence-electron chi connectivity index (χ0n) is 9.91. The second-order valence-corrected chi connectivity index (χ2v) is 6.17. The van der Waals surface area contributed by atoms with Gasteiger partial charge < -0.3 is 10.3 Å². The SMILES string of the molecule is CC(Nc1ccc2[nH]ccc2c1)c1cc(Br)cs1. The smallest absolute Gasteiger partial charge is 0.0578 e. The van der Waals surface area contributed by atoms with Crippen molar-refractivity contribution in [2.75, 3.05) is 5.32 Å². The summed E-state index contributed by atoms with van der Waals surface area (Å²) in [6.45, 7) is 2.18. The van der Waals surface area contributed by atoms with Gasteiger partial charge in [-0.1, -0.05) is 0 Å². The van der Waals surface area contributed by atoms with Crippen LogP contribution >= 0.6 is 27.3 Å². The molecule has 0 saturated heterocycles. The van der Waals surface area contributed by atoms with E-state index in [4.69, 9.17) is 0 Å². The lowest BCUT2D eigenvalue weighted by molar-refractivity contribution is 0.908. The highest BCUT2D eigenvalue weighted by molar-refractivity contribution is 9.10. The van der Waals surface area contributed by atoms with Gasteiger partial charge in [-0.15, -0.1) is 11.3 Å². The molecule has 2 N–H and O–H groups in total. The minimum Gasteiger partial charge on any atom is -0.378 e. The van der Waals surface area contributed by atoms with Crippen LogP contribution in [0.15, 0.2) is 46.4 Å². The van der Waals surface area contributed by atoms with Crippen LogP contribution in [0.4, 0.5) is 5.69 Å². The van der Waals surface area contributed by atoms with Crippen molar-refractivity contribution >= 4 is 43.9 Å². The van der Waals surface area contributed by atoms with Crippen molar-refractivity contribution in [3.05, 3.63) is 51.3 Å². The Morgan fingerprint density at radius 3 is 2.94 bits per heavy atom. The quantitative estimate of drug-likeness (QED) is 0.685. The molecule has 0 spiro atoms. The Labute approximate surface area is 118 Å². The van der Waals surface area contributed by atoms with E-state index in [-0.39, 0.29) is 0 Å². The molecule has 0 amide bonds. The van der Waals surface area contributed by atoms with Crippen molar-refractivity contribution in [3.8, 4) is 0 Å². The molecule has 3 rings (SSSR count). The molecule has 1 aromatic carbocycles. The van der Waals surface area contributed by atoms with Crippen LogP contribution in [-0.4, -0.2) is 4.98 Å². The van der Waals surface area contributed by atoms with E-state index in [0.29, 0.717) is 6.04 Å². The lowest BCUT2D eigenvalue weighted by Crippen LogP contribution is -2.04. The van der Waals surface area contributed by atoms with Gasteiger partial charge in [-0.05, 0) is 53.2 Å². The van der Waals surface area contributed by atoms with Crippen molar-refractivity contribution in [3.63, 3.8) is 0 Å². The molecule has 18 heavy (non-hydrogen) atoms. The summed E-state index contributed by atoms with van der Waals surface area (Å²) < 4.78 is 1.15. The minimum atomic E-state index is 0.317. The molecule has 92 valence electrons. The molecule has 0 saturated carbocycles. The molecule has 0 aliphatic carbocycles. The highest BCUT2D eigenvalue weighted by Crippen LogP contribution is 2.28. The summed E-state index contributed by atoms with van der Waals surface area (Å²) in [5.74, 6) is 0. The number of aromatic amines is 1. The third kappa shape index (κ3) is 2.31. The number of anilines is 1. The summed E-state index contributed by atoms with van der Waals surface area (Å²) in [7, 11) is 0. The first kappa shape index (κ1) is 11.8. The molecule has 0 bridgehead atoms. The fourth-order valence-corrected chi connectivity index (χ4v) is 3.47. The number of halogens is 1. The normalized spacial score (nSPS) is 12.8. The van der Waals surface area contributed by atoms with Gasteiger partial charge in [0.15, 0.2) is 0 Å². The van der Waals surface area contributed by atoms with Crippen LogP contribution in [0.25, 0.3) is 10.9 Å². The fraction of sp³-hybridized carbons (Fsp3) is 0.143. The molecule has 0 radical (unpaired) electrons. The van der Waals surface area contributed by atoms with E-state index < -0.39 is 0 Å². The van der Waals surface area contributed by atoms with Crippen LogP contribution in [0.1, 0.15) is 17.8 Å². The van der Waals surface area contributed by atoms with Crippen molar-refractivity contribution in [2.24, 2.45) is 0 Å². The zero-order chi connectivity index (χ0) is 12.5. The molecule has 2 aromatic heterocycles. The standard InChI is InChI=1S/C14H13BrN2S/c1-9(14-7-11(15)8-18-14)17-12-2-3-13-10(6-12)4-5-16-13/h2-9,16-17H,1H3. The van der Waals surface area contributed by atoms with Gasteiger partial charge >= 0.3 is 0 Å². The lowest BCUT2D eigenvalue weighted by atomic mass is 10.2. The van der Waals surface area contributed by atoms with E-state index >= 15 is 0 Å². The van der Waals surface area contributed by atoms with Gasteiger partial charge in [0.05, 0.1) is 6.04 Å². The molecule has 4 heteroatoms. The van der Waals surface area contributed by atoms with E-state index in [9.17, 15) is 0 Å². The van der Waals surface area contributed by atoms with Crippen molar-refractivity contribution in [1.82, 2.24) is 4.98 Å². The van der Waals surface area contributed by atoms with Crippen molar-refractivity contribution < 1.29 is 0 Å². The van der Waals surface area contributed by atoms with Crippen LogP contribution in [0.2, 0.25) is 0 Å². The Hall–Kier alpha value is -1.26. The average Bonchev–Trinajstić information content (AvgIpc) is 2.96. The lowest BCUT2D eigenvalue weighted by Gasteiger charge is -2.13. The molecule has 0 aliphatic rings. The summed E-state index contributed by atoms with van der Waals surface area (Å²) in [5.41, 5.74) is 2.33. The van der Waals surface area contributed by atoms with Crippen LogP contribution in [0.5, 0.6) is 0 Å². The first-order chi connectivity index (χ1) is 8.72. The number of aromatic nitrogens is 1. The maximum Gasteiger partial charge on any atom is 0.0578 e. The third-order valence-electron chi connectivity index (χ3n) is 2.95. The van der Waals surface area contributed by atoms with Gasteiger partial charge in [-0.3, -0.25) is 0 Å². The summed E-state index contributed by atoms with van der Waals surface area (Å²) in [6.07, 6.45) is 1.97. The van der Waals surface area contributed by atoms with Crippen LogP contribution in [0, 0.1) is 0 Å². The molecular weight excluding hydrogens is 308 g/mol. The number of thiophene rings is 1. The predicted molar refractivity (Wildman–Crippen MR) is 82.4 cm³/mol. The number of rotatable bonds is 3. The summed E-state index contributed by atoms with van der Waals surface area (Å²) >= 11 is 5.26. The Morgan fingerprint density at radius 1 is 1.28 bits per heavy atom. The van der Waals surface area contributed by atoms with E-state index in [1.54, 1.807) is 11.3 Å². The Kier molecular flexibility index (Phi) is 3.14. The fourth-order valence-electron chi connectivity index (χ4n) is 2.02. The van der Waals surface area contributed by atoms with Crippen LogP contribution < -0.4 is 5.32 Å². The average molecular weight is 321 g/mol. The monoisotopic (exact) mass is 320 g/mol. The number of H-pyrrole nitrogens is 1. The number of hydrogen-bond donors (Lipinski definition) is 2. The van der Waals surface area contributed by atoms with Crippen LogP contribution in [-0.2, 0) is 0 Å². The maximum atomic E-state index is 3.53. The Balaban J connectivity index is 1.83. The molecule has 2 nitrogen and oxygen atoms in total. The summed E-state index contributed by atoms with van der Waals surface area (Å²) in [5, 5.41) is 6.88. The Bertz CT molecular complexity index is 671. The number of fused-ring (bicyclic) bond motifs is 1.